The lowest BCUT2D eigenvalue weighted by Crippen LogP contribution is -2.39. The van der Waals surface area contributed by atoms with Gasteiger partial charge in [0.25, 0.3) is 0 Å². The van der Waals surface area contributed by atoms with Crippen molar-refractivity contribution >= 4 is 6.03 Å². The normalized spacial score (nSPS) is 18.0. The average molecular weight is 288 g/mol. The van der Waals surface area contributed by atoms with E-state index >= 15 is 0 Å². The zero-order valence-electron chi connectivity index (χ0n) is 13.5. The number of hydrogen-bond donors (Lipinski definition) is 2. The fraction of sp³-hybridized carbons (Fsp3) is 0.611. The molecule has 1 aliphatic rings. The summed E-state index contributed by atoms with van der Waals surface area (Å²) in [6, 6.07) is 8.58. The van der Waals surface area contributed by atoms with Crippen LogP contribution in [0.5, 0.6) is 0 Å². The van der Waals surface area contributed by atoms with Crippen molar-refractivity contribution in [1.82, 2.24) is 10.6 Å². The number of benzene rings is 1. The smallest absolute Gasteiger partial charge is 0.314 e. The number of fused-ring (bicyclic) bond motifs is 1. The van der Waals surface area contributed by atoms with Gasteiger partial charge in [-0.05, 0) is 42.2 Å². The summed E-state index contributed by atoms with van der Waals surface area (Å²) >= 11 is 0. The van der Waals surface area contributed by atoms with Crippen LogP contribution in [0.1, 0.15) is 57.1 Å². The van der Waals surface area contributed by atoms with Gasteiger partial charge in [-0.15, -0.1) is 0 Å². The second-order valence-electron chi connectivity index (χ2n) is 7.24. The molecule has 0 radical (unpaired) electrons. The molecule has 0 saturated heterocycles. The summed E-state index contributed by atoms with van der Waals surface area (Å²) in [6.07, 6.45) is 4.55. The molecule has 0 heterocycles. The fourth-order valence-corrected chi connectivity index (χ4v) is 2.90. The minimum atomic E-state index is -0.0395. The number of rotatable bonds is 4. The highest BCUT2D eigenvalue weighted by molar-refractivity contribution is 5.73. The topological polar surface area (TPSA) is 41.1 Å². The van der Waals surface area contributed by atoms with E-state index < -0.39 is 0 Å². The zero-order valence-corrected chi connectivity index (χ0v) is 13.5. The van der Waals surface area contributed by atoms with Crippen molar-refractivity contribution in [3.8, 4) is 0 Å². The molecule has 1 aromatic carbocycles. The lowest BCUT2D eigenvalue weighted by Gasteiger charge is -2.25. The summed E-state index contributed by atoms with van der Waals surface area (Å²) in [4.78, 5) is 11.9. The molecule has 0 spiro atoms. The predicted molar refractivity (Wildman–Crippen MR) is 87.6 cm³/mol. The van der Waals surface area contributed by atoms with Gasteiger partial charge in [-0.25, -0.2) is 4.79 Å². The Morgan fingerprint density at radius 1 is 1.24 bits per heavy atom. The van der Waals surface area contributed by atoms with Crippen molar-refractivity contribution in [2.24, 2.45) is 5.41 Å². The number of carbonyl (C=O) groups excluding carboxylic acids is 1. The minimum absolute atomic E-state index is 0.0395. The van der Waals surface area contributed by atoms with Gasteiger partial charge < -0.3 is 10.6 Å². The Labute approximate surface area is 128 Å². The first-order chi connectivity index (χ1) is 9.96. The van der Waals surface area contributed by atoms with Crippen LogP contribution in [0.25, 0.3) is 0 Å². The number of hydrogen-bond acceptors (Lipinski definition) is 1. The third-order valence-corrected chi connectivity index (χ3v) is 4.16. The lowest BCUT2D eigenvalue weighted by molar-refractivity contribution is 0.237. The Hall–Kier alpha value is -1.51. The first-order valence-corrected chi connectivity index (χ1v) is 8.05. The molecule has 0 aliphatic heterocycles. The van der Waals surface area contributed by atoms with Crippen molar-refractivity contribution in [2.45, 2.75) is 52.4 Å². The first-order valence-electron chi connectivity index (χ1n) is 8.05. The van der Waals surface area contributed by atoms with Crippen molar-refractivity contribution in [3.63, 3.8) is 0 Å². The van der Waals surface area contributed by atoms with Crippen molar-refractivity contribution in [1.29, 1.82) is 0 Å². The molecule has 1 unspecified atom stereocenters. The molecule has 0 saturated carbocycles. The molecule has 1 atom stereocenters. The Morgan fingerprint density at radius 3 is 2.76 bits per heavy atom. The van der Waals surface area contributed by atoms with E-state index in [0.717, 1.165) is 19.5 Å². The average Bonchev–Trinajstić information content (AvgIpc) is 2.43. The van der Waals surface area contributed by atoms with Crippen LogP contribution in [0.3, 0.4) is 0 Å². The van der Waals surface area contributed by atoms with Gasteiger partial charge in [0.2, 0.25) is 0 Å². The predicted octanol–water partition coefficient (Wildman–Crippen LogP) is 3.84. The summed E-state index contributed by atoms with van der Waals surface area (Å²) in [5, 5.41) is 5.98. The van der Waals surface area contributed by atoms with Gasteiger partial charge >= 0.3 is 6.03 Å². The van der Waals surface area contributed by atoms with Crippen LogP contribution in [0.2, 0.25) is 0 Å². The molecule has 2 N–H and O–H groups in total. The van der Waals surface area contributed by atoms with Gasteiger partial charge in [0, 0.05) is 19.0 Å². The highest BCUT2D eigenvalue weighted by Crippen LogP contribution is 2.30. The number of urea groups is 1. The van der Waals surface area contributed by atoms with Crippen LogP contribution in [-0.4, -0.2) is 19.1 Å². The van der Waals surface area contributed by atoms with Gasteiger partial charge in [0.15, 0.2) is 0 Å². The molecular formula is C18H28N2O. The van der Waals surface area contributed by atoms with E-state index in [9.17, 15) is 4.79 Å². The molecule has 3 nitrogen and oxygen atoms in total. The van der Waals surface area contributed by atoms with E-state index in [4.69, 9.17) is 0 Å². The van der Waals surface area contributed by atoms with Gasteiger partial charge in [-0.1, -0.05) is 45.0 Å². The molecule has 0 fully saturated rings. The first kappa shape index (κ1) is 15.9. The number of amides is 2. The van der Waals surface area contributed by atoms with Crippen molar-refractivity contribution < 1.29 is 4.79 Å². The molecule has 1 aromatic rings. The second kappa shape index (κ2) is 6.97. The van der Waals surface area contributed by atoms with E-state index in [2.05, 4.69) is 55.7 Å². The van der Waals surface area contributed by atoms with Gasteiger partial charge in [0.1, 0.15) is 0 Å². The van der Waals surface area contributed by atoms with Crippen LogP contribution in [0.15, 0.2) is 24.3 Å². The van der Waals surface area contributed by atoms with E-state index in [0.29, 0.717) is 5.92 Å². The van der Waals surface area contributed by atoms with E-state index in [-0.39, 0.29) is 11.4 Å². The maximum absolute atomic E-state index is 11.9. The number of carbonyl (C=O) groups is 1. The van der Waals surface area contributed by atoms with Crippen molar-refractivity contribution in [2.75, 3.05) is 13.1 Å². The molecule has 2 rings (SSSR count). The summed E-state index contributed by atoms with van der Waals surface area (Å²) in [6.45, 7) is 8.03. The Morgan fingerprint density at radius 2 is 2.00 bits per heavy atom. The SMILES string of the molecule is CC(C)(C)CCNC(=O)NCC1CCCc2ccccc21. The maximum atomic E-state index is 11.9. The molecule has 3 heteroatoms. The summed E-state index contributed by atoms with van der Waals surface area (Å²) < 4.78 is 0. The Kier molecular flexibility index (Phi) is 5.27. The van der Waals surface area contributed by atoms with Crippen LogP contribution < -0.4 is 10.6 Å². The van der Waals surface area contributed by atoms with Crippen LogP contribution in [0, 0.1) is 5.41 Å². The highest BCUT2D eigenvalue weighted by Gasteiger charge is 2.20. The number of aryl methyl sites for hydroxylation is 1. The lowest BCUT2D eigenvalue weighted by atomic mass is 9.83. The maximum Gasteiger partial charge on any atom is 0.314 e. The minimum Gasteiger partial charge on any atom is -0.338 e. The highest BCUT2D eigenvalue weighted by atomic mass is 16.2. The molecular weight excluding hydrogens is 260 g/mol. The van der Waals surface area contributed by atoms with E-state index in [1.165, 1.54) is 30.4 Å². The van der Waals surface area contributed by atoms with Crippen LogP contribution >= 0.6 is 0 Å². The number of nitrogens with one attached hydrogen (secondary N) is 2. The standard InChI is InChI=1S/C18H28N2O/c1-18(2,3)11-12-19-17(21)20-13-15-9-6-8-14-7-4-5-10-16(14)15/h4-5,7,10,15H,6,8-9,11-13H2,1-3H3,(H2,19,20,21). The third-order valence-electron chi connectivity index (χ3n) is 4.16. The summed E-state index contributed by atoms with van der Waals surface area (Å²) in [5.74, 6) is 0.461. The van der Waals surface area contributed by atoms with Crippen molar-refractivity contribution in [3.05, 3.63) is 35.4 Å². The van der Waals surface area contributed by atoms with E-state index in [1.54, 1.807) is 0 Å². The summed E-state index contributed by atoms with van der Waals surface area (Å²) in [7, 11) is 0. The fourth-order valence-electron chi connectivity index (χ4n) is 2.90. The van der Waals surface area contributed by atoms with E-state index in [1.807, 2.05) is 0 Å². The van der Waals surface area contributed by atoms with Gasteiger partial charge in [-0.3, -0.25) is 0 Å². The summed E-state index contributed by atoms with van der Waals surface area (Å²) in [5.41, 5.74) is 3.12. The van der Waals surface area contributed by atoms with Gasteiger partial charge in [0.05, 0.1) is 0 Å². The Balaban J connectivity index is 1.77. The quantitative estimate of drug-likeness (QED) is 0.868. The van der Waals surface area contributed by atoms with Gasteiger partial charge in [-0.2, -0.15) is 0 Å². The monoisotopic (exact) mass is 288 g/mol. The second-order valence-corrected chi connectivity index (χ2v) is 7.24. The molecule has 1 aliphatic carbocycles. The molecule has 0 bridgehead atoms. The molecule has 21 heavy (non-hydrogen) atoms. The third kappa shape index (κ3) is 5.07. The molecule has 2 amide bonds. The molecule has 116 valence electrons. The zero-order chi connectivity index (χ0) is 15.3. The van der Waals surface area contributed by atoms with Crippen LogP contribution in [0.4, 0.5) is 4.79 Å². The largest absolute Gasteiger partial charge is 0.338 e. The Bertz CT molecular complexity index is 476. The van der Waals surface area contributed by atoms with Crippen LogP contribution in [-0.2, 0) is 6.42 Å². The molecule has 0 aromatic heterocycles.